The van der Waals surface area contributed by atoms with Gasteiger partial charge in [-0.15, -0.1) is 0 Å². The molecule has 4 rings (SSSR count). The van der Waals surface area contributed by atoms with E-state index in [1.807, 2.05) is 6.92 Å². The number of ether oxygens (including phenoxy) is 18. The second-order valence-corrected chi connectivity index (χ2v) is 22.7. The molecule has 94 heavy (non-hydrogen) atoms. The first-order chi connectivity index (χ1) is 43.6. The van der Waals surface area contributed by atoms with Gasteiger partial charge in [-0.1, -0.05) is 39.0 Å². The van der Waals surface area contributed by atoms with Crippen molar-refractivity contribution in [3.05, 3.63) is 0 Å². The predicted octanol–water partition coefficient (Wildman–Crippen LogP) is -3.89. The summed E-state index contributed by atoms with van der Waals surface area (Å²) in [6.07, 6.45) is -30.6. The Morgan fingerprint density at radius 2 is 0.777 bits per heavy atom. The summed E-state index contributed by atoms with van der Waals surface area (Å²) in [5.41, 5.74) is 0. The Morgan fingerprint density at radius 1 is 0.426 bits per heavy atom. The fourth-order valence-electron chi connectivity index (χ4n) is 10.4. The third-order valence-electron chi connectivity index (χ3n) is 13.6. The van der Waals surface area contributed by atoms with Crippen LogP contribution in [0.25, 0.3) is 0 Å². The van der Waals surface area contributed by atoms with Crippen LogP contribution in [0.4, 0.5) is 0 Å². The molecule has 0 radical (unpaired) electrons. The summed E-state index contributed by atoms with van der Waals surface area (Å²) in [7, 11) is -5.53. The van der Waals surface area contributed by atoms with E-state index in [2.05, 4.69) is 10.3 Å². The van der Waals surface area contributed by atoms with Crippen molar-refractivity contribution >= 4 is 81.9 Å². The molecule has 2 N–H and O–H groups in total. The molecule has 0 aliphatic carbocycles. The average molecular weight is 1380 g/mol. The quantitative estimate of drug-likeness (QED) is 0.0124. The zero-order chi connectivity index (χ0) is 69.6. The summed E-state index contributed by atoms with van der Waals surface area (Å²) in [5, 5.41) is 15.6. The first kappa shape index (κ1) is 82.4. The Morgan fingerprint density at radius 3 is 1.20 bits per heavy atom. The monoisotopic (exact) mass is 1380 g/mol. The molecule has 528 valence electrons. The number of nitrogens with zero attached hydrogens (tertiary/aromatic N) is 1. The van der Waals surface area contributed by atoms with Crippen molar-refractivity contribution in [2.45, 2.75) is 251 Å². The fourth-order valence-corrected chi connectivity index (χ4v) is 10.7. The van der Waals surface area contributed by atoms with Gasteiger partial charge in [0, 0.05) is 82.8 Å². The molecule has 4 fully saturated rings. The van der Waals surface area contributed by atoms with E-state index in [4.69, 9.17) is 89.4 Å². The molecular formula is C56H83N2NaO34S. The summed E-state index contributed by atoms with van der Waals surface area (Å²) >= 11 is 0. The fraction of sp³-hybridized carbons (Fsp3) is 0.786. The number of amides is 1. The van der Waals surface area contributed by atoms with Gasteiger partial charge in [-0.05, 0) is 19.2 Å². The first-order valence-electron chi connectivity index (χ1n) is 29.5. The van der Waals surface area contributed by atoms with Crippen LogP contribution in [0.2, 0.25) is 0 Å². The normalized spacial score (nSPS) is 30.9. The number of hydrogen-bond acceptors (Lipinski definition) is 34. The topological polar surface area (TPSA) is 465 Å². The average Bonchev–Trinajstić information content (AvgIpc) is 0.767. The number of carbonyl (C=O) groups is 11. The van der Waals surface area contributed by atoms with Crippen LogP contribution in [0.15, 0.2) is 4.99 Å². The molecule has 0 unspecified atom stereocenters. The summed E-state index contributed by atoms with van der Waals surface area (Å²) in [6, 6.07) is -3.69. The van der Waals surface area contributed by atoms with E-state index in [1.165, 1.54) is 0 Å². The van der Waals surface area contributed by atoms with Gasteiger partial charge in [0.2, 0.25) is 5.91 Å². The minimum Gasteiger partial charge on any atom is -0.862 e. The first-order valence-corrected chi connectivity index (χ1v) is 30.9. The molecule has 0 spiro atoms. The molecule has 0 aromatic rings. The largest absolute Gasteiger partial charge is 1.00 e. The van der Waals surface area contributed by atoms with Crippen molar-refractivity contribution in [3.63, 3.8) is 0 Å². The van der Waals surface area contributed by atoms with Crippen LogP contribution in [0.3, 0.4) is 0 Å². The van der Waals surface area contributed by atoms with Crippen molar-refractivity contribution < 1.29 is 190 Å². The molecule has 4 heterocycles. The van der Waals surface area contributed by atoms with Gasteiger partial charge >= 0.3 is 99.6 Å². The van der Waals surface area contributed by atoms with Gasteiger partial charge in [0.1, 0.15) is 74.6 Å². The smallest absolute Gasteiger partial charge is 0.862 e. The Kier molecular flexibility index (Phi) is 34.6. The molecular weight excluding hydrogens is 1300 g/mol. The molecule has 4 aliphatic heterocycles. The van der Waals surface area contributed by atoms with Gasteiger partial charge in [0.05, 0.1) is 6.61 Å². The maximum Gasteiger partial charge on any atom is 1.00 e. The van der Waals surface area contributed by atoms with E-state index in [9.17, 15) is 70.8 Å². The number of rotatable bonds is 32. The van der Waals surface area contributed by atoms with E-state index < -0.39 is 231 Å². The Balaban J connectivity index is 0.0000230. The predicted molar refractivity (Wildman–Crippen MR) is 299 cm³/mol. The summed E-state index contributed by atoms with van der Waals surface area (Å²) in [4.78, 5) is 146. The van der Waals surface area contributed by atoms with Gasteiger partial charge < -0.3 is 95.7 Å². The number of aliphatic imine (C=N–C) groups is 1. The standard InChI is InChI=1S/C56H84N2O34S.Na/c1-14-15-16-17-18-19-20-74-53-41(57-25(2)59)48(43(79-30(7)64)37(86-53)21-75-27(4)61)91-56-52(85-36(13)70)50(46(81-32(9)66)39(89-56)23-77-29(6)63)92-54-42(58-26(3)60)47(82-33(10)67)44(40(87-54)24-78-93(71,72)73)90-55-51(84-35(12)69)49(83-34(11)68)45(80-31(8)65)38(88-55)22-76-28(5)62;/h37-56H,14-24H2,1-13H3,(H,57,59)(H,58,60)(H,71,72,73);/q;+1/p-1/t37-,38-,39-,40-,41-,42-,43+,44-,45+,46+,47-,48-,49+,50+,51-,52-,53+,54+,55+,56+;/m1./s1. The van der Waals surface area contributed by atoms with E-state index in [0.29, 0.717) is 12.8 Å². The zero-order valence-electron chi connectivity index (χ0n) is 54.6. The second-order valence-electron chi connectivity index (χ2n) is 21.6. The molecule has 20 atom stereocenters. The summed E-state index contributed by atoms with van der Waals surface area (Å²) in [5.74, 6) is -12.3. The molecule has 0 aromatic carbocycles. The van der Waals surface area contributed by atoms with Crippen LogP contribution < -0.4 is 40.0 Å². The minimum absolute atomic E-state index is 0. The molecule has 36 nitrogen and oxygen atoms in total. The van der Waals surface area contributed by atoms with Gasteiger partial charge in [-0.2, -0.15) is 8.42 Å². The number of hydrogen-bond donors (Lipinski definition) is 2. The molecule has 38 heteroatoms. The summed E-state index contributed by atoms with van der Waals surface area (Å²) in [6.45, 7) is 9.73. The minimum atomic E-state index is -5.53. The van der Waals surface area contributed by atoms with Gasteiger partial charge in [-0.25, -0.2) is 4.18 Å². The number of carbonyl (C=O) groups excluding carboxylic acids is 11. The molecule has 1 amide bonds. The SMILES string of the molecule is CCCCCCCCO[C@H]1O[C@H](COC(C)=O)[C@H](OC(C)=O)[C@H](O[C@@H]2O[C@H](COC(C)=O)[C@H](OC(C)=O)[C@H](O[C@@H]3O[C@H](COS(=O)(=O)O)[C@@H](O[C@@H]4O[C@H](COC(C)=O)[C@H](OC(C)=O)[C@H](OC(C)=O)[C@H]4OC(C)=O)[C@H](OC(C)=O)[C@H]3NC(C)=O)[C@H]2OC(C)=O)[C@H]1N=C(C)[O-].[Na+]. The van der Waals surface area contributed by atoms with Crippen LogP contribution in [0.1, 0.15) is 129 Å². The van der Waals surface area contributed by atoms with Crippen LogP contribution >= 0.6 is 0 Å². The third kappa shape index (κ3) is 27.0. The molecule has 0 aromatic heterocycles. The van der Waals surface area contributed by atoms with Crippen molar-refractivity contribution in [2.75, 3.05) is 33.0 Å². The Labute approximate surface area is 563 Å². The number of esters is 10. The molecule has 4 saturated heterocycles. The van der Waals surface area contributed by atoms with Gasteiger partial charge in [0.15, 0.2) is 67.9 Å². The molecule has 0 bridgehead atoms. The number of unbranched alkanes of at least 4 members (excludes halogenated alkanes) is 5. The molecule has 4 aliphatic rings. The van der Waals surface area contributed by atoms with E-state index in [1.54, 1.807) is 0 Å². The second kappa shape index (κ2) is 39.4. The maximum absolute atomic E-state index is 13.5. The Hall–Kier alpha value is -5.81. The zero-order valence-corrected chi connectivity index (χ0v) is 57.4. The van der Waals surface area contributed by atoms with E-state index in [-0.39, 0.29) is 36.2 Å². The van der Waals surface area contributed by atoms with Crippen molar-refractivity contribution in [1.82, 2.24) is 5.32 Å². The maximum atomic E-state index is 13.5. The van der Waals surface area contributed by atoms with Crippen LogP contribution in [0.5, 0.6) is 0 Å². The van der Waals surface area contributed by atoms with E-state index in [0.717, 1.165) is 109 Å². The Bertz CT molecular complexity index is 2730. The molecule has 0 saturated carbocycles. The van der Waals surface area contributed by atoms with Crippen LogP contribution in [0, 0.1) is 0 Å². The number of nitrogens with one attached hydrogen (secondary N) is 1. The van der Waals surface area contributed by atoms with Crippen LogP contribution in [-0.4, -0.2) is 240 Å². The third-order valence-corrected chi connectivity index (χ3v) is 14.1. The van der Waals surface area contributed by atoms with Crippen molar-refractivity contribution in [1.29, 1.82) is 0 Å². The summed E-state index contributed by atoms with van der Waals surface area (Å²) < 4.78 is 146. The van der Waals surface area contributed by atoms with Crippen molar-refractivity contribution in [2.24, 2.45) is 4.99 Å². The van der Waals surface area contributed by atoms with Crippen LogP contribution in [-0.2, 0) is 153 Å². The van der Waals surface area contributed by atoms with E-state index >= 15 is 0 Å². The van der Waals surface area contributed by atoms with Gasteiger partial charge in [0.25, 0.3) is 0 Å². The van der Waals surface area contributed by atoms with Crippen molar-refractivity contribution in [3.8, 4) is 0 Å². The van der Waals surface area contributed by atoms with Gasteiger partial charge in [-0.3, -0.25) is 62.3 Å².